The van der Waals surface area contributed by atoms with E-state index in [4.69, 9.17) is 9.72 Å². The minimum Gasteiger partial charge on any atom is -0.492 e. The Morgan fingerprint density at radius 3 is 2.48 bits per heavy atom. The number of nitrogens with zero attached hydrogens (tertiary/aromatic N) is 2. The van der Waals surface area contributed by atoms with E-state index >= 15 is 0 Å². The lowest BCUT2D eigenvalue weighted by molar-refractivity contribution is 0.243. The second-order valence-corrected chi connectivity index (χ2v) is 8.66. The molecular formula is C26H33N5O2. The zero-order valence-electron chi connectivity index (χ0n) is 19.6. The van der Waals surface area contributed by atoms with Gasteiger partial charge in [0.1, 0.15) is 11.6 Å². The summed E-state index contributed by atoms with van der Waals surface area (Å²) in [5.41, 5.74) is 2.83. The molecule has 7 heteroatoms. The molecule has 2 aromatic carbocycles. The molecule has 3 N–H and O–H groups in total. The summed E-state index contributed by atoms with van der Waals surface area (Å²) in [4.78, 5) is 19.5. The Morgan fingerprint density at radius 2 is 1.73 bits per heavy atom. The Morgan fingerprint density at radius 1 is 1.03 bits per heavy atom. The van der Waals surface area contributed by atoms with Crippen molar-refractivity contribution in [1.29, 1.82) is 0 Å². The third kappa shape index (κ3) is 5.66. The van der Waals surface area contributed by atoms with Crippen LogP contribution in [-0.4, -0.2) is 43.8 Å². The number of anilines is 3. The lowest BCUT2D eigenvalue weighted by Gasteiger charge is -2.30. The molecule has 0 saturated heterocycles. The largest absolute Gasteiger partial charge is 0.492 e. The molecule has 2 amide bonds. The highest BCUT2D eigenvalue weighted by Gasteiger charge is 2.23. The molecule has 1 fully saturated rings. The van der Waals surface area contributed by atoms with Gasteiger partial charge in [-0.2, -0.15) is 0 Å². The van der Waals surface area contributed by atoms with Crippen molar-refractivity contribution in [2.24, 2.45) is 0 Å². The quantitative estimate of drug-likeness (QED) is 0.461. The first-order chi connectivity index (χ1) is 16.0. The van der Waals surface area contributed by atoms with Gasteiger partial charge in [0.2, 0.25) is 0 Å². The van der Waals surface area contributed by atoms with Gasteiger partial charge in [-0.25, -0.2) is 9.78 Å². The number of benzene rings is 2. The molecule has 33 heavy (non-hydrogen) atoms. The van der Waals surface area contributed by atoms with Crippen molar-refractivity contribution < 1.29 is 9.53 Å². The molecule has 1 aliphatic rings. The van der Waals surface area contributed by atoms with Crippen LogP contribution < -0.4 is 25.6 Å². The number of para-hydroxylation sites is 3. The van der Waals surface area contributed by atoms with E-state index in [1.54, 1.807) is 0 Å². The number of rotatable bonds is 7. The van der Waals surface area contributed by atoms with E-state index in [1.165, 1.54) is 0 Å². The van der Waals surface area contributed by atoms with Gasteiger partial charge in [0.05, 0.1) is 17.8 Å². The first kappa shape index (κ1) is 22.7. The number of urea groups is 1. The number of carbonyl (C=O) groups is 1. The van der Waals surface area contributed by atoms with Gasteiger partial charge < -0.3 is 25.6 Å². The van der Waals surface area contributed by atoms with Crippen LogP contribution in [0.5, 0.6) is 5.75 Å². The van der Waals surface area contributed by atoms with E-state index in [2.05, 4.69) is 53.1 Å². The molecular weight excluding hydrogens is 414 g/mol. The number of amides is 2. The van der Waals surface area contributed by atoms with Gasteiger partial charge in [0.25, 0.3) is 0 Å². The Bertz CT molecular complexity index is 1090. The lowest BCUT2D eigenvalue weighted by Crippen LogP contribution is -2.42. The Kier molecular flexibility index (Phi) is 7.17. The summed E-state index contributed by atoms with van der Waals surface area (Å²) in [6, 6.07) is 18.1. The predicted molar refractivity (Wildman–Crippen MR) is 136 cm³/mol. The first-order valence-electron chi connectivity index (χ1n) is 11.7. The fraction of sp³-hybridized carbons (Fsp3) is 0.385. The fourth-order valence-electron chi connectivity index (χ4n) is 4.39. The molecule has 3 aromatic rings. The molecule has 1 saturated carbocycles. The van der Waals surface area contributed by atoms with Crippen LogP contribution in [0.15, 0.2) is 54.6 Å². The maximum Gasteiger partial charge on any atom is 0.319 e. The molecule has 0 atom stereocenters. The zero-order valence-corrected chi connectivity index (χ0v) is 19.6. The van der Waals surface area contributed by atoms with Crippen molar-refractivity contribution in [3.05, 3.63) is 54.6 Å². The summed E-state index contributed by atoms with van der Waals surface area (Å²) < 4.78 is 5.59. The standard InChI is InChI=1S/C26H33N5O2/c1-4-33-24-12-8-7-11-22(24)30-26(32)28-19-15-13-18(14-16-19)27-25-17-23(31(2)3)20-9-5-6-10-21(20)29-25/h5-12,17-19H,4,13-16H2,1-3H3,(H,27,29)(H2,28,30,32)/t18-,19+. The van der Waals surface area contributed by atoms with E-state index in [9.17, 15) is 4.79 Å². The molecule has 0 spiro atoms. The molecule has 4 rings (SSSR count). The van der Waals surface area contributed by atoms with E-state index in [0.29, 0.717) is 24.1 Å². The molecule has 0 aliphatic heterocycles. The van der Waals surface area contributed by atoms with E-state index < -0.39 is 0 Å². The van der Waals surface area contributed by atoms with Crippen LogP contribution >= 0.6 is 0 Å². The van der Waals surface area contributed by atoms with Crippen LogP contribution in [0.2, 0.25) is 0 Å². The number of nitrogens with one attached hydrogen (secondary N) is 3. The summed E-state index contributed by atoms with van der Waals surface area (Å²) in [6.45, 7) is 2.48. The van der Waals surface area contributed by atoms with Gasteiger partial charge in [0.15, 0.2) is 0 Å². The highest BCUT2D eigenvalue weighted by Crippen LogP contribution is 2.29. The number of fused-ring (bicyclic) bond motifs is 1. The van der Waals surface area contributed by atoms with Crippen LogP contribution in [-0.2, 0) is 0 Å². The smallest absolute Gasteiger partial charge is 0.319 e. The average Bonchev–Trinajstić information content (AvgIpc) is 2.81. The van der Waals surface area contributed by atoms with E-state index in [0.717, 1.165) is 48.1 Å². The maximum absolute atomic E-state index is 12.5. The van der Waals surface area contributed by atoms with E-state index in [1.807, 2.05) is 43.3 Å². The number of hydrogen-bond acceptors (Lipinski definition) is 5. The number of carbonyl (C=O) groups excluding carboxylic acids is 1. The lowest BCUT2D eigenvalue weighted by atomic mass is 9.91. The minimum atomic E-state index is -0.189. The van der Waals surface area contributed by atoms with Crippen LogP contribution in [0.4, 0.5) is 22.0 Å². The molecule has 1 aliphatic carbocycles. The maximum atomic E-state index is 12.5. The van der Waals surface area contributed by atoms with Gasteiger partial charge in [-0.15, -0.1) is 0 Å². The molecule has 1 heterocycles. The summed E-state index contributed by atoms with van der Waals surface area (Å²) >= 11 is 0. The molecule has 1 aromatic heterocycles. The normalized spacial score (nSPS) is 17.9. The fourth-order valence-corrected chi connectivity index (χ4v) is 4.39. The topological polar surface area (TPSA) is 78.5 Å². The van der Waals surface area contributed by atoms with Crippen molar-refractivity contribution >= 4 is 34.1 Å². The van der Waals surface area contributed by atoms with Gasteiger partial charge >= 0.3 is 6.03 Å². The number of ether oxygens (including phenoxy) is 1. The van der Waals surface area contributed by atoms with Gasteiger partial charge in [-0.3, -0.25) is 0 Å². The molecule has 0 radical (unpaired) electrons. The summed E-state index contributed by atoms with van der Waals surface area (Å²) in [5.74, 6) is 1.59. The van der Waals surface area contributed by atoms with Crippen LogP contribution in [0.25, 0.3) is 10.9 Å². The van der Waals surface area contributed by atoms with Crippen molar-refractivity contribution in [2.45, 2.75) is 44.7 Å². The Hall–Kier alpha value is -3.48. The summed E-state index contributed by atoms with van der Waals surface area (Å²) in [5, 5.41) is 10.8. The van der Waals surface area contributed by atoms with Crippen molar-refractivity contribution in [1.82, 2.24) is 10.3 Å². The van der Waals surface area contributed by atoms with Crippen molar-refractivity contribution in [2.75, 3.05) is 36.2 Å². The van der Waals surface area contributed by atoms with Crippen LogP contribution in [0.1, 0.15) is 32.6 Å². The summed E-state index contributed by atoms with van der Waals surface area (Å²) in [7, 11) is 4.11. The number of hydrogen-bond donors (Lipinski definition) is 3. The molecule has 0 bridgehead atoms. The Labute approximate surface area is 195 Å². The van der Waals surface area contributed by atoms with Crippen LogP contribution in [0.3, 0.4) is 0 Å². The van der Waals surface area contributed by atoms with Gasteiger partial charge in [0, 0.05) is 43.3 Å². The third-order valence-electron chi connectivity index (χ3n) is 6.03. The summed E-state index contributed by atoms with van der Waals surface area (Å²) in [6.07, 6.45) is 3.80. The second kappa shape index (κ2) is 10.4. The second-order valence-electron chi connectivity index (χ2n) is 8.66. The average molecular weight is 448 g/mol. The predicted octanol–water partition coefficient (Wildman–Crippen LogP) is 5.24. The van der Waals surface area contributed by atoms with Crippen molar-refractivity contribution in [3.63, 3.8) is 0 Å². The van der Waals surface area contributed by atoms with Crippen molar-refractivity contribution in [3.8, 4) is 5.75 Å². The van der Waals surface area contributed by atoms with E-state index in [-0.39, 0.29) is 12.1 Å². The first-order valence-corrected chi connectivity index (χ1v) is 11.7. The third-order valence-corrected chi connectivity index (χ3v) is 6.03. The van der Waals surface area contributed by atoms with Gasteiger partial charge in [-0.05, 0) is 50.8 Å². The monoisotopic (exact) mass is 447 g/mol. The molecule has 0 unspecified atom stereocenters. The highest BCUT2D eigenvalue weighted by molar-refractivity contribution is 5.93. The molecule has 7 nitrogen and oxygen atoms in total. The SMILES string of the molecule is CCOc1ccccc1NC(=O)N[C@H]1CC[C@@H](Nc2cc(N(C)C)c3ccccc3n2)CC1. The highest BCUT2D eigenvalue weighted by atomic mass is 16.5. The molecule has 174 valence electrons. The number of pyridine rings is 1. The van der Waals surface area contributed by atoms with Gasteiger partial charge in [-0.1, -0.05) is 30.3 Å². The Balaban J connectivity index is 1.32. The number of aromatic nitrogens is 1. The zero-order chi connectivity index (χ0) is 23.2. The minimum absolute atomic E-state index is 0.157. The van der Waals surface area contributed by atoms with Crippen LogP contribution in [0, 0.1) is 0 Å².